The molecule has 5 heteroatoms. The van der Waals surface area contributed by atoms with Crippen molar-refractivity contribution in [3.63, 3.8) is 0 Å². The summed E-state index contributed by atoms with van der Waals surface area (Å²) in [6.45, 7) is 2.07. The molecule has 0 unspecified atom stereocenters. The van der Waals surface area contributed by atoms with Crippen molar-refractivity contribution in [2.75, 3.05) is 5.43 Å². The second-order valence-corrected chi connectivity index (χ2v) is 4.54. The molecule has 0 aliphatic heterocycles. The molecule has 2 aromatic rings. The molecule has 110 valence electrons. The van der Waals surface area contributed by atoms with Crippen LogP contribution in [0.25, 0.3) is 0 Å². The van der Waals surface area contributed by atoms with Gasteiger partial charge in [0.25, 0.3) is 0 Å². The lowest BCUT2D eigenvalue weighted by Gasteiger charge is -2.08. The highest BCUT2D eigenvalue weighted by Crippen LogP contribution is 2.30. The monoisotopic (exact) mass is 292 g/mol. The topological polar surface area (TPSA) is 24.4 Å². The van der Waals surface area contributed by atoms with Gasteiger partial charge in [0.15, 0.2) is 0 Å². The van der Waals surface area contributed by atoms with E-state index in [0.717, 1.165) is 24.1 Å². The fraction of sp³-hybridized carbons (Fsp3) is 0.188. The van der Waals surface area contributed by atoms with E-state index in [-0.39, 0.29) is 0 Å². The second kappa shape index (κ2) is 6.43. The van der Waals surface area contributed by atoms with Gasteiger partial charge in [0.05, 0.1) is 17.5 Å². The van der Waals surface area contributed by atoms with Crippen LogP contribution in [-0.2, 0) is 12.6 Å². The molecule has 0 aliphatic rings. The van der Waals surface area contributed by atoms with Crippen molar-refractivity contribution in [3.8, 4) is 0 Å². The first kappa shape index (κ1) is 15.1. The molecule has 0 atom stereocenters. The number of nitrogens with zero attached hydrogens (tertiary/aromatic N) is 1. The van der Waals surface area contributed by atoms with Gasteiger partial charge in [-0.1, -0.05) is 37.3 Å². The number of nitrogens with one attached hydrogen (secondary N) is 1. The Balaban J connectivity index is 2.03. The predicted molar refractivity (Wildman–Crippen MR) is 78.5 cm³/mol. The highest BCUT2D eigenvalue weighted by molar-refractivity contribution is 5.80. The number of hydrazone groups is 1. The summed E-state index contributed by atoms with van der Waals surface area (Å²) in [7, 11) is 0. The molecule has 0 saturated heterocycles. The van der Waals surface area contributed by atoms with Crippen LogP contribution in [0.15, 0.2) is 53.6 Å². The third-order valence-electron chi connectivity index (χ3n) is 2.99. The molecule has 2 nitrogen and oxygen atoms in total. The first-order valence-corrected chi connectivity index (χ1v) is 6.54. The summed E-state index contributed by atoms with van der Waals surface area (Å²) in [5.41, 5.74) is 4.30. The SMILES string of the molecule is CCc1ccc(C=NNc2cccc(C(F)(F)F)c2)cc1. The summed E-state index contributed by atoms with van der Waals surface area (Å²) < 4.78 is 37.7. The molecule has 0 fully saturated rings. The Kier molecular flexibility index (Phi) is 4.62. The van der Waals surface area contributed by atoms with Crippen LogP contribution in [0.1, 0.15) is 23.6 Å². The van der Waals surface area contributed by atoms with Crippen LogP contribution < -0.4 is 5.43 Å². The average molecular weight is 292 g/mol. The van der Waals surface area contributed by atoms with Gasteiger partial charge >= 0.3 is 6.18 Å². The summed E-state index contributed by atoms with van der Waals surface area (Å²) >= 11 is 0. The minimum absolute atomic E-state index is 0.297. The van der Waals surface area contributed by atoms with Gasteiger partial charge < -0.3 is 0 Å². The largest absolute Gasteiger partial charge is 0.416 e. The van der Waals surface area contributed by atoms with Crippen molar-refractivity contribution in [2.24, 2.45) is 5.10 Å². The number of benzene rings is 2. The van der Waals surface area contributed by atoms with Crippen molar-refractivity contribution in [1.82, 2.24) is 0 Å². The third kappa shape index (κ3) is 4.34. The summed E-state index contributed by atoms with van der Waals surface area (Å²) in [6.07, 6.45) is -1.82. The van der Waals surface area contributed by atoms with Crippen LogP contribution in [0, 0.1) is 0 Å². The first-order chi connectivity index (χ1) is 9.99. The van der Waals surface area contributed by atoms with Gasteiger partial charge in [-0.2, -0.15) is 18.3 Å². The number of hydrogen-bond donors (Lipinski definition) is 1. The van der Waals surface area contributed by atoms with Gasteiger partial charge in [0, 0.05) is 0 Å². The zero-order valence-electron chi connectivity index (χ0n) is 11.5. The van der Waals surface area contributed by atoms with E-state index in [0.29, 0.717) is 5.69 Å². The van der Waals surface area contributed by atoms with Gasteiger partial charge in [-0.25, -0.2) is 0 Å². The second-order valence-electron chi connectivity index (χ2n) is 4.54. The van der Waals surface area contributed by atoms with Crippen molar-refractivity contribution in [3.05, 3.63) is 65.2 Å². The van der Waals surface area contributed by atoms with Gasteiger partial charge in [0.2, 0.25) is 0 Å². The Morgan fingerprint density at radius 1 is 1.10 bits per heavy atom. The summed E-state index contributed by atoms with van der Waals surface area (Å²) in [5.74, 6) is 0. The number of rotatable bonds is 4. The average Bonchev–Trinajstić information content (AvgIpc) is 2.47. The quantitative estimate of drug-likeness (QED) is 0.640. The molecule has 0 bridgehead atoms. The van der Waals surface area contributed by atoms with Crippen LogP contribution >= 0.6 is 0 Å². The normalized spacial score (nSPS) is 11.8. The maximum absolute atomic E-state index is 12.6. The Labute approximate surface area is 121 Å². The van der Waals surface area contributed by atoms with Crippen LogP contribution in [0.5, 0.6) is 0 Å². The number of anilines is 1. The number of hydrogen-bond acceptors (Lipinski definition) is 2. The summed E-state index contributed by atoms with van der Waals surface area (Å²) in [5, 5.41) is 3.95. The van der Waals surface area contributed by atoms with Crippen LogP contribution in [-0.4, -0.2) is 6.21 Å². The minimum atomic E-state index is -4.35. The van der Waals surface area contributed by atoms with E-state index in [2.05, 4.69) is 17.5 Å². The molecular formula is C16H15F3N2. The molecule has 2 aromatic carbocycles. The Hall–Kier alpha value is -2.30. The highest BCUT2D eigenvalue weighted by Gasteiger charge is 2.30. The minimum Gasteiger partial charge on any atom is -0.278 e. The van der Waals surface area contributed by atoms with Gasteiger partial charge in [-0.3, -0.25) is 5.43 Å². The number of alkyl halides is 3. The number of aryl methyl sites for hydroxylation is 1. The molecule has 0 spiro atoms. The molecular weight excluding hydrogens is 277 g/mol. The number of halogens is 3. The Morgan fingerprint density at radius 3 is 2.43 bits per heavy atom. The molecule has 0 heterocycles. The lowest BCUT2D eigenvalue weighted by molar-refractivity contribution is -0.137. The third-order valence-corrected chi connectivity index (χ3v) is 2.99. The standard InChI is InChI=1S/C16H15F3N2/c1-2-12-6-8-13(9-7-12)11-20-21-15-5-3-4-14(10-15)16(17,18)19/h3-11,21H,2H2,1H3. The van der Waals surface area contributed by atoms with Gasteiger partial charge in [-0.15, -0.1) is 0 Å². The molecule has 0 aliphatic carbocycles. The zero-order chi connectivity index (χ0) is 15.3. The highest BCUT2D eigenvalue weighted by atomic mass is 19.4. The fourth-order valence-electron chi connectivity index (χ4n) is 1.79. The van der Waals surface area contributed by atoms with E-state index >= 15 is 0 Å². The van der Waals surface area contributed by atoms with E-state index in [1.165, 1.54) is 17.7 Å². The molecule has 21 heavy (non-hydrogen) atoms. The molecule has 0 amide bonds. The lowest BCUT2D eigenvalue weighted by atomic mass is 10.1. The zero-order valence-corrected chi connectivity index (χ0v) is 11.5. The first-order valence-electron chi connectivity index (χ1n) is 6.54. The lowest BCUT2D eigenvalue weighted by Crippen LogP contribution is -2.05. The van der Waals surface area contributed by atoms with Crippen molar-refractivity contribution in [2.45, 2.75) is 19.5 Å². The van der Waals surface area contributed by atoms with Crippen molar-refractivity contribution in [1.29, 1.82) is 0 Å². The summed E-state index contributed by atoms with van der Waals surface area (Å²) in [6, 6.07) is 12.7. The molecule has 0 saturated carbocycles. The van der Waals surface area contributed by atoms with E-state index in [1.807, 2.05) is 24.3 Å². The molecule has 0 radical (unpaired) electrons. The Bertz CT molecular complexity index is 616. The maximum Gasteiger partial charge on any atom is 0.416 e. The van der Waals surface area contributed by atoms with Crippen LogP contribution in [0.2, 0.25) is 0 Å². The van der Waals surface area contributed by atoms with E-state index in [1.54, 1.807) is 6.21 Å². The smallest absolute Gasteiger partial charge is 0.278 e. The fourth-order valence-corrected chi connectivity index (χ4v) is 1.79. The van der Waals surface area contributed by atoms with Crippen LogP contribution in [0.4, 0.5) is 18.9 Å². The van der Waals surface area contributed by atoms with Crippen molar-refractivity contribution >= 4 is 11.9 Å². The van der Waals surface area contributed by atoms with Gasteiger partial charge in [-0.05, 0) is 35.7 Å². The van der Waals surface area contributed by atoms with Crippen LogP contribution in [0.3, 0.4) is 0 Å². The van der Waals surface area contributed by atoms with E-state index in [9.17, 15) is 13.2 Å². The van der Waals surface area contributed by atoms with E-state index < -0.39 is 11.7 Å². The molecule has 2 rings (SSSR count). The Morgan fingerprint density at radius 2 is 1.81 bits per heavy atom. The summed E-state index contributed by atoms with van der Waals surface area (Å²) in [4.78, 5) is 0. The molecule has 1 N–H and O–H groups in total. The van der Waals surface area contributed by atoms with E-state index in [4.69, 9.17) is 0 Å². The van der Waals surface area contributed by atoms with Crippen molar-refractivity contribution < 1.29 is 13.2 Å². The maximum atomic E-state index is 12.6. The molecule has 0 aromatic heterocycles. The predicted octanol–water partition coefficient (Wildman–Crippen LogP) is 4.71. The van der Waals surface area contributed by atoms with Gasteiger partial charge in [0.1, 0.15) is 0 Å².